The van der Waals surface area contributed by atoms with Crippen molar-refractivity contribution in [3.8, 4) is 11.5 Å². The molecule has 0 saturated heterocycles. The Hall–Kier alpha value is -3.05. The summed E-state index contributed by atoms with van der Waals surface area (Å²) in [5.41, 5.74) is 2.14. The third-order valence-corrected chi connectivity index (χ3v) is 5.11. The van der Waals surface area contributed by atoms with Crippen LogP contribution in [0.4, 0.5) is 0 Å². The van der Waals surface area contributed by atoms with E-state index >= 15 is 0 Å². The Bertz CT molecular complexity index is 982. The smallest absolute Gasteiger partial charge is 0.275 e. The Labute approximate surface area is 172 Å². The number of quaternary nitrogens is 1. The van der Waals surface area contributed by atoms with Crippen molar-refractivity contribution in [2.45, 2.75) is 19.5 Å². The van der Waals surface area contributed by atoms with Gasteiger partial charge in [0.05, 0.1) is 32.9 Å². The summed E-state index contributed by atoms with van der Waals surface area (Å²) in [5.74, 6) is 1.44. The molecule has 5 nitrogen and oxygen atoms in total. The lowest BCUT2D eigenvalue weighted by atomic mass is 10.00. The Morgan fingerprint density at radius 1 is 1.00 bits per heavy atom. The number of nitrogens with one attached hydrogen (secondary N) is 2. The van der Waals surface area contributed by atoms with Crippen LogP contribution >= 0.6 is 0 Å². The molecule has 2 N–H and O–H groups in total. The van der Waals surface area contributed by atoms with Crippen LogP contribution in [0.5, 0.6) is 11.5 Å². The van der Waals surface area contributed by atoms with E-state index in [2.05, 4.69) is 29.6 Å². The van der Waals surface area contributed by atoms with Crippen molar-refractivity contribution in [3.63, 3.8) is 0 Å². The second kappa shape index (κ2) is 9.43. The van der Waals surface area contributed by atoms with Gasteiger partial charge in [-0.3, -0.25) is 4.79 Å². The fourth-order valence-corrected chi connectivity index (χ4v) is 3.75. The molecule has 0 spiro atoms. The van der Waals surface area contributed by atoms with Crippen LogP contribution in [0, 0.1) is 0 Å². The molecule has 0 bridgehead atoms. The number of para-hydroxylation sites is 1. The van der Waals surface area contributed by atoms with E-state index in [4.69, 9.17) is 9.47 Å². The number of likely N-dealkylation sites (N-methyl/N-ethyl adjacent to an activating group) is 1. The zero-order valence-corrected chi connectivity index (χ0v) is 17.5. The topological polar surface area (TPSA) is 52.0 Å². The van der Waals surface area contributed by atoms with Crippen molar-refractivity contribution in [3.05, 3.63) is 71.8 Å². The average Bonchev–Trinajstić information content (AvgIpc) is 2.72. The number of fused-ring (bicyclic) bond motifs is 1. The maximum absolute atomic E-state index is 12.7. The minimum Gasteiger partial charge on any atom is -0.493 e. The standard InChI is InChI=1S/C24H28N2O3/c1-17(20-13-7-10-18-9-5-6-12-21(18)20)25-23(27)16-26(2)15-19-11-8-14-22(28-3)24(19)29-4/h5-14,17H,15-16H2,1-4H3,(H,25,27)/p+1/t17-/m0/s1. The second-order valence-electron chi connectivity index (χ2n) is 7.32. The van der Waals surface area contributed by atoms with Gasteiger partial charge < -0.3 is 19.7 Å². The Kier molecular flexibility index (Phi) is 6.73. The van der Waals surface area contributed by atoms with Crippen LogP contribution in [0.3, 0.4) is 0 Å². The minimum atomic E-state index is -0.0623. The van der Waals surface area contributed by atoms with Crippen molar-refractivity contribution in [1.29, 1.82) is 0 Å². The minimum absolute atomic E-state index is 0.0183. The first-order valence-electron chi connectivity index (χ1n) is 9.81. The highest BCUT2D eigenvalue weighted by atomic mass is 16.5. The van der Waals surface area contributed by atoms with E-state index < -0.39 is 0 Å². The van der Waals surface area contributed by atoms with Gasteiger partial charge in [0.2, 0.25) is 0 Å². The highest BCUT2D eigenvalue weighted by Gasteiger charge is 2.18. The van der Waals surface area contributed by atoms with E-state index in [1.54, 1.807) is 14.2 Å². The normalized spacial score (nSPS) is 13.0. The molecule has 0 radical (unpaired) electrons. The molecule has 0 fully saturated rings. The number of hydrogen-bond donors (Lipinski definition) is 2. The molecule has 0 aliphatic carbocycles. The van der Waals surface area contributed by atoms with Gasteiger partial charge in [0.15, 0.2) is 18.0 Å². The van der Waals surface area contributed by atoms with Crippen LogP contribution in [0.1, 0.15) is 24.1 Å². The lowest BCUT2D eigenvalue weighted by Crippen LogP contribution is -3.08. The van der Waals surface area contributed by atoms with Gasteiger partial charge in [0.25, 0.3) is 5.91 Å². The molecule has 29 heavy (non-hydrogen) atoms. The van der Waals surface area contributed by atoms with Crippen LogP contribution in [0.25, 0.3) is 10.8 Å². The highest BCUT2D eigenvalue weighted by molar-refractivity contribution is 5.87. The van der Waals surface area contributed by atoms with Gasteiger partial charge in [-0.25, -0.2) is 0 Å². The summed E-state index contributed by atoms with van der Waals surface area (Å²) in [4.78, 5) is 13.7. The van der Waals surface area contributed by atoms with Crippen LogP contribution in [-0.4, -0.2) is 33.7 Å². The molecule has 0 saturated carbocycles. The van der Waals surface area contributed by atoms with Crippen molar-refractivity contribution in [1.82, 2.24) is 5.32 Å². The van der Waals surface area contributed by atoms with E-state index in [1.165, 1.54) is 10.8 Å². The number of carbonyl (C=O) groups excluding carboxylic acids is 1. The van der Waals surface area contributed by atoms with Crippen molar-refractivity contribution in [2.24, 2.45) is 0 Å². The highest BCUT2D eigenvalue weighted by Crippen LogP contribution is 2.30. The van der Waals surface area contributed by atoms with E-state index in [0.29, 0.717) is 18.8 Å². The lowest BCUT2D eigenvalue weighted by Gasteiger charge is -2.20. The van der Waals surface area contributed by atoms with E-state index in [9.17, 15) is 4.79 Å². The molecule has 3 aromatic rings. The maximum Gasteiger partial charge on any atom is 0.275 e. The molecular formula is C24H29N2O3+. The van der Waals surface area contributed by atoms with Gasteiger partial charge in [-0.1, -0.05) is 48.5 Å². The zero-order valence-electron chi connectivity index (χ0n) is 17.5. The van der Waals surface area contributed by atoms with Crippen LogP contribution in [0.15, 0.2) is 60.7 Å². The number of rotatable bonds is 8. The van der Waals surface area contributed by atoms with Crippen molar-refractivity contribution < 1.29 is 19.2 Å². The van der Waals surface area contributed by atoms with Crippen molar-refractivity contribution >= 4 is 16.7 Å². The Morgan fingerprint density at radius 2 is 1.72 bits per heavy atom. The van der Waals surface area contributed by atoms with Crippen LogP contribution in [0.2, 0.25) is 0 Å². The number of amides is 1. The molecule has 3 aromatic carbocycles. The first-order chi connectivity index (χ1) is 14.0. The third kappa shape index (κ3) is 4.87. The molecule has 3 rings (SSSR count). The van der Waals surface area contributed by atoms with E-state index in [0.717, 1.165) is 21.8 Å². The Balaban J connectivity index is 1.65. The summed E-state index contributed by atoms with van der Waals surface area (Å²) < 4.78 is 10.9. The predicted octanol–water partition coefficient (Wildman–Crippen LogP) is 2.75. The van der Waals surface area contributed by atoms with Crippen molar-refractivity contribution in [2.75, 3.05) is 27.8 Å². The lowest BCUT2D eigenvalue weighted by molar-refractivity contribution is -0.885. The molecule has 1 unspecified atom stereocenters. The molecule has 152 valence electrons. The average molecular weight is 394 g/mol. The fourth-order valence-electron chi connectivity index (χ4n) is 3.75. The molecular weight excluding hydrogens is 364 g/mol. The number of hydrogen-bond acceptors (Lipinski definition) is 3. The summed E-state index contributed by atoms with van der Waals surface area (Å²) >= 11 is 0. The van der Waals surface area contributed by atoms with Gasteiger partial charge in [-0.15, -0.1) is 0 Å². The monoisotopic (exact) mass is 393 g/mol. The SMILES string of the molecule is COc1cccc(C[NH+](C)CC(=O)N[C@@H](C)c2cccc3ccccc23)c1OC. The first-order valence-corrected chi connectivity index (χ1v) is 9.81. The van der Waals surface area contributed by atoms with Gasteiger partial charge in [-0.05, 0) is 35.4 Å². The summed E-state index contributed by atoms with van der Waals surface area (Å²) in [5, 5.41) is 5.49. The summed E-state index contributed by atoms with van der Waals surface area (Å²) in [6.07, 6.45) is 0. The van der Waals surface area contributed by atoms with E-state index in [1.807, 2.05) is 50.4 Å². The zero-order chi connectivity index (χ0) is 20.8. The predicted molar refractivity (Wildman–Crippen MR) is 116 cm³/mol. The number of methoxy groups -OCH3 is 2. The molecule has 5 heteroatoms. The first kappa shape index (κ1) is 20.7. The van der Waals surface area contributed by atoms with Gasteiger partial charge in [0, 0.05) is 0 Å². The summed E-state index contributed by atoms with van der Waals surface area (Å²) in [6, 6.07) is 20.2. The maximum atomic E-state index is 12.7. The van der Waals surface area contributed by atoms with Gasteiger partial charge in [0.1, 0.15) is 6.54 Å². The molecule has 0 aliphatic heterocycles. The molecule has 2 atom stereocenters. The summed E-state index contributed by atoms with van der Waals surface area (Å²) in [7, 11) is 5.26. The number of carbonyl (C=O) groups is 1. The molecule has 0 aromatic heterocycles. The molecule has 0 aliphatic rings. The number of ether oxygens (including phenoxy) is 2. The van der Waals surface area contributed by atoms with Gasteiger partial charge >= 0.3 is 0 Å². The quantitative estimate of drug-likeness (QED) is 0.619. The second-order valence-corrected chi connectivity index (χ2v) is 7.32. The molecule has 0 heterocycles. The van der Waals surface area contributed by atoms with Crippen LogP contribution in [-0.2, 0) is 11.3 Å². The summed E-state index contributed by atoms with van der Waals surface area (Å²) in [6.45, 7) is 3.06. The van der Waals surface area contributed by atoms with Crippen LogP contribution < -0.4 is 19.7 Å². The molecule has 1 amide bonds. The Morgan fingerprint density at radius 3 is 2.48 bits per heavy atom. The largest absolute Gasteiger partial charge is 0.493 e. The van der Waals surface area contributed by atoms with E-state index in [-0.39, 0.29) is 11.9 Å². The van der Waals surface area contributed by atoms with Gasteiger partial charge in [-0.2, -0.15) is 0 Å². The fraction of sp³-hybridized carbons (Fsp3) is 0.292. The number of benzene rings is 3. The third-order valence-electron chi connectivity index (χ3n) is 5.11.